The Balaban J connectivity index is 2.29. The molecule has 0 spiro atoms. The first-order valence-corrected chi connectivity index (χ1v) is 8.46. The van der Waals surface area contributed by atoms with Gasteiger partial charge in [-0.1, -0.05) is 43.1 Å². The summed E-state index contributed by atoms with van der Waals surface area (Å²) in [6.07, 6.45) is 2.01. The molecular weight excluding hydrogens is 308 g/mol. The zero-order chi connectivity index (χ0) is 15.5. The van der Waals surface area contributed by atoms with Crippen LogP contribution in [0.1, 0.15) is 18.9 Å². The van der Waals surface area contributed by atoms with Gasteiger partial charge in [0.2, 0.25) is 0 Å². The number of benzene rings is 2. The van der Waals surface area contributed by atoms with Crippen LogP contribution in [0.4, 0.5) is 11.4 Å². The van der Waals surface area contributed by atoms with E-state index in [1.807, 2.05) is 12.1 Å². The number of hydrogen-bond acceptors (Lipinski definition) is 3. The van der Waals surface area contributed by atoms with Crippen molar-refractivity contribution in [2.24, 2.45) is 0 Å². The smallest absolute Gasteiger partial charge is 0.265 e. The molecule has 2 rings (SSSR count). The number of halogens is 1. The average Bonchev–Trinajstić information content (AvgIpc) is 2.40. The molecule has 4 nitrogen and oxygen atoms in total. The van der Waals surface area contributed by atoms with E-state index in [0.717, 1.165) is 18.4 Å². The molecule has 0 heterocycles. The van der Waals surface area contributed by atoms with Gasteiger partial charge in [0.15, 0.2) is 0 Å². The standard InChI is InChI=1S/C15H17ClN2O2S/c1-2-4-11-7-9-12(10-8-11)18-21(19,20)15-13(16)5-3-6-14(15)17/h3,5-10,18H,2,4,17H2,1H3. The van der Waals surface area contributed by atoms with E-state index >= 15 is 0 Å². The quantitative estimate of drug-likeness (QED) is 0.824. The van der Waals surface area contributed by atoms with Crippen LogP contribution in [-0.4, -0.2) is 8.42 Å². The molecule has 0 atom stereocenters. The zero-order valence-corrected chi connectivity index (χ0v) is 13.2. The van der Waals surface area contributed by atoms with Crippen LogP contribution in [0.5, 0.6) is 0 Å². The molecule has 6 heteroatoms. The van der Waals surface area contributed by atoms with Crippen molar-refractivity contribution in [3.63, 3.8) is 0 Å². The molecule has 2 aromatic rings. The van der Waals surface area contributed by atoms with E-state index in [1.54, 1.807) is 18.2 Å². The number of sulfonamides is 1. The number of anilines is 2. The van der Waals surface area contributed by atoms with Crippen LogP contribution in [0.2, 0.25) is 5.02 Å². The molecular formula is C15H17ClN2O2S. The summed E-state index contributed by atoms with van der Waals surface area (Å²) in [5.74, 6) is 0. The fourth-order valence-corrected chi connectivity index (χ4v) is 3.78. The van der Waals surface area contributed by atoms with Gasteiger partial charge in [0, 0.05) is 5.69 Å². The van der Waals surface area contributed by atoms with Gasteiger partial charge in [0.1, 0.15) is 4.90 Å². The molecule has 0 fully saturated rings. The highest BCUT2D eigenvalue weighted by molar-refractivity contribution is 7.93. The fourth-order valence-electron chi connectivity index (χ4n) is 2.04. The van der Waals surface area contributed by atoms with Crippen molar-refractivity contribution < 1.29 is 8.42 Å². The largest absolute Gasteiger partial charge is 0.398 e. The highest BCUT2D eigenvalue weighted by Crippen LogP contribution is 2.28. The summed E-state index contributed by atoms with van der Waals surface area (Å²) < 4.78 is 27.2. The minimum absolute atomic E-state index is 0.0932. The molecule has 0 aliphatic rings. The first-order chi connectivity index (χ1) is 9.94. The monoisotopic (exact) mass is 324 g/mol. The molecule has 0 bridgehead atoms. The molecule has 0 radical (unpaired) electrons. The molecule has 0 amide bonds. The Kier molecular flexibility index (Phi) is 4.75. The zero-order valence-electron chi connectivity index (χ0n) is 11.6. The molecule has 0 aliphatic carbocycles. The maximum Gasteiger partial charge on any atom is 0.265 e. The van der Waals surface area contributed by atoms with Crippen LogP contribution in [-0.2, 0) is 16.4 Å². The van der Waals surface area contributed by atoms with Crippen molar-refractivity contribution in [2.45, 2.75) is 24.7 Å². The van der Waals surface area contributed by atoms with E-state index in [2.05, 4.69) is 11.6 Å². The molecule has 112 valence electrons. The molecule has 0 saturated carbocycles. The Hall–Kier alpha value is -1.72. The third-order valence-corrected chi connectivity index (χ3v) is 4.94. The van der Waals surface area contributed by atoms with Gasteiger partial charge in [-0.05, 0) is 36.2 Å². The molecule has 2 aromatic carbocycles. The third kappa shape index (κ3) is 3.68. The topological polar surface area (TPSA) is 72.2 Å². The fraction of sp³-hybridized carbons (Fsp3) is 0.200. The normalized spacial score (nSPS) is 11.3. The summed E-state index contributed by atoms with van der Waals surface area (Å²) in [5.41, 5.74) is 7.49. The number of aryl methyl sites for hydroxylation is 1. The van der Waals surface area contributed by atoms with Gasteiger partial charge in [0.05, 0.1) is 10.7 Å². The van der Waals surface area contributed by atoms with Crippen LogP contribution >= 0.6 is 11.6 Å². The minimum Gasteiger partial charge on any atom is -0.398 e. The van der Waals surface area contributed by atoms with Gasteiger partial charge in [-0.15, -0.1) is 0 Å². The second-order valence-electron chi connectivity index (χ2n) is 4.71. The lowest BCUT2D eigenvalue weighted by Crippen LogP contribution is -2.15. The lowest BCUT2D eigenvalue weighted by Gasteiger charge is -2.12. The first kappa shape index (κ1) is 15.7. The van der Waals surface area contributed by atoms with Crippen molar-refractivity contribution in [3.05, 3.63) is 53.1 Å². The third-order valence-electron chi connectivity index (χ3n) is 3.01. The van der Waals surface area contributed by atoms with E-state index in [-0.39, 0.29) is 15.6 Å². The van der Waals surface area contributed by atoms with E-state index < -0.39 is 10.0 Å². The SMILES string of the molecule is CCCc1ccc(NS(=O)(=O)c2c(N)cccc2Cl)cc1. The second kappa shape index (κ2) is 6.37. The number of nitrogens with two attached hydrogens (primary N) is 1. The highest BCUT2D eigenvalue weighted by Gasteiger charge is 2.21. The van der Waals surface area contributed by atoms with Gasteiger partial charge in [-0.3, -0.25) is 4.72 Å². The minimum atomic E-state index is -3.81. The van der Waals surface area contributed by atoms with Crippen molar-refractivity contribution in [1.29, 1.82) is 0 Å². The van der Waals surface area contributed by atoms with Gasteiger partial charge >= 0.3 is 0 Å². The summed E-state index contributed by atoms with van der Waals surface area (Å²) in [6.45, 7) is 2.09. The molecule has 0 aromatic heterocycles. The summed E-state index contributed by atoms with van der Waals surface area (Å²) >= 11 is 5.95. The summed E-state index contributed by atoms with van der Waals surface area (Å²) in [5, 5.41) is 0.102. The number of rotatable bonds is 5. The average molecular weight is 325 g/mol. The number of nitrogen functional groups attached to an aromatic ring is 1. The lowest BCUT2D eigenvalue weighted by atomic mass is 10.1. The van der Waals surface area contributed by atoms with Crippen LogP contribution < -0.4 is 10.5 Å². The molecule has 21 heavy (non-hydrogen) atoms. The predicted molar refractivity (Wildman–Crippen MR) is 87.1 cm³/mol. The first-order valence-electron chi connectivity index (χ1n) is 6.60. The molecule has 0 unspecified atom stereocenters. The summed E-state index contributed by atoms with van der Waals surface area (Å²) in [7, 11) is -3.81. The second-order valence-corrected chi connectivity index (χ2v) is 6.74. The van der Waals surface area contributed by atoms with E-state index in [0.29, 0.717) is 5.69 Å². The Morgan fingerprint density at radius 2 is 1.81 bits per heavy atom. The molecule has 0 saturated heterocycles. The number of nitrogens with one attached hydrogen (secondary N) is 1. The maximum atomic E-state index is 12.4. The van der Waals surface area contributed by atoms with E-state index in [4.69, 9.17) is 17.3 Å². The van der Waals surface area contributed by atoms with Gasteiger partial charge in [-0.25, -0.2) is 8.42 Å². The Morgan fingerprint density at radius 1 is 1.14 bits per heavy atom. The van der Waals surface area contributed by atoms with Gasteiger partial charge < -0.3 is 5.73 Å². The van der Waals surface area contributed by atoms with E-state index in [1.165, 1.54) is 12.1 Å². The van der Waals surface area contributed by atoms with Crippen LogP contribution in [0, 0.1) is 0 Å². The Morgan fingerprint density at radius 3 is 2.38 bits per heavy atom. The van der Waals surface area contributed by atoms with E-state index in [9.17, 15) is 8.42 Å². The summed E-state index contributed by atoms with van der Waals surface area (Å²) in [6, 6.07) is 11.9. The highest BCUT2D eigenvalue weighted by atomic mass is 35.5. The maximum absolute atomic E-state index is 12.4. The van der Waals surface area contributed by atoms with Crippen molar-refractivity contribution in [3.8, 4) is 0 Å². The molecule has 0 aliphatic heterocycles. The van der Waals surface area contributed by atoms with Crippen LogP contribution in [0.3, 0.4) is 0 Å². The van der Waals surface area contributed by atoms with Crippen LogP contribution in [0.25, 0.3) is 0 Å². The Bertz CT molecular complexity index is 708. The van der Waals surface area contributed by atoms with Crippen molar-refractivity contribution >= 4 is 33.0 Å². The summed E-state index contributed by atoms with van der Waals surface area (Å²) in [4.78, 5) is -0.0932. The van der Waals surface area contributed by atoms with Gasteiger partial charge in [-0.2, -0.15) is 0 Å². The Labute approximate surface area is 130 Å². The van der Waals surface area contributed by atoms with Gasteiger partial charge in [0.25, 0.3) is 10.0 Å². The van der Waals surface area contributed by atoms with Crippen molar-refractivity contribution in [2.75, 3.05) is 10.5 Å². The predicted octanol–water partition coefficient (Wildman–Crippen LogP) is 3.68. The van der Waals surface area contributed by atoms with Crippen molar-refractivity contribution in [1.82, 2.24) is 0 Å². The molecule has 3 N–H and O–H groups in total. The number of hydrogen-bond donors (Lipinski definition) is 2. The van der Waals surface area contributed by atoms with Crippen LogP contribution in [0.15, 0.2) is 47.4 Å². The lowest BCUT2D eigenvalue weighted by molar-refractivity contribution is 0.601.